The Hall–Kier alpha value is -5.71. The van der Waals surface area contributed by atoms with E-state index in [-0.39, 0.29) is 135 Å². The summed E-state index contributed by atoms with van der Waals surface area (Å²) in [5.74, 6) is -3.38. The Morgan fingerprint density at radius 2 is 1.37 bits per heavy atom. The Morgan fingerprint density at radius 1 is 0.808 bits per heavy atom. The van der Waals surface area contributed by atoms with Gasteiger partial charge in [0, 0.05) is 52.6 Å². The minimum Gasteiger partial charge on any atom is -0.480 e. The van der Waals surface area contributed by atoms with Gasteiger partial charge < -0.3 is 105 Å². The normalized spacial score (nSPS) is 18.5. The summed E-state index contributed by atoms with van der Waals surface area (Å²) in [6.07, 6.45) is 1.72. The maximum atomic E-state index is 13.3. The molecule has 28 heteroatoms. The minimum atomic E-state index is -1.56. The third-order valence-corrected chi connectivity index (χ3v) is 10.2. The van der Waals surface area contributed by atoms with Crippen LogP contribution in [0.25, 0.3) is 0 Å². The summed E-state index contributed by atoms with van der Waals surface area (Å²) in [4.78, 5) is 79.0. The molecule has 414 valence electrons. The number of rotatable bonds is 41. The van der Waals surface area contributed by atoms with Crippen LogP contribution < -0.4 is 27.4 Å². The molecule has 2 heterocycles. The van der Waals surface area contributed by atoms with Crippen molar-refractivity contribution < 1.29 is 102 Å². The molecule has 28 nitrogen and oxygen atoms in total. The Morgan fingerprint density at radius 3 is 1.90 bits per heavy atom. The van der Waals surface area contributed by atoms with Gasteiger partial charge in [0.2, 0.25) is 35.1 Å². The highest BCUT2D eigenvalue weighted by molar-refractivity contribution is 5.85. The topological polar surface area (TPSA) is 400 Å². The lowest BCUT2D eigenvalue weighted by atomic mass is 9.97. The van der Waals surface area contributed by atoms with Gasteiger partial charge in [-0.05, 0) is 18.6 Å². The summed E-state index contributed by atoms with van der Waals surface area (Å²) in [6.45, 7) is 1.85. The first-order chi connectivity index (χ1) is 35.1. The van der Waals surface area contributed by atoms with Gasteiger partial charge in [-0.15, -0.1) is 6.42 Å². The van der Waals surface area contributed by atoms with Crippen LogP contribution in [0.1, 0.15) is 32.6 Å². The molecular weight excluding hydrogens is 975 g/mol. The van der Waals surface area contributed by atoms with Gasteiger partial charge in [0.15, 0.2) is 5.96 Å². The van der Waals surface area contributed by atoms with Crippen molar-refractivity contribution in [3.05, 3.63) is 23.7 Å². The number of guanidine groups is 1. The van der Waals surface area contributed by atoms with Crippen molar-refractivity contribution in [2.75, 3.05) is 132 Å². The molecule has 0 fully saturated rings. The smallest absolute Gasteiger partial charge is 0.370 e. The van der Waals surface area contributed by atoms with Gasteiger partial charge in [0.05, 0.1) is 104 Å². The number of nitrogens with two attached hydrogens (primary N) is 2. The van der Waals surface area contributed by atoms with E-state index in [2.05, 4.69) is 26.9 Å². The number of hydrogen-bond donors (Lipinski definition) is 10. The Kier molecular flexibility index (Phi) is 33.0. The van der Waals surface area contributed by atoms with Gasteiger partial charge in [-0.2, -0.15) is 0 Å². The zero-order valence-electron chi connectivity index (χ0n) is 41.1. The average Bonchev–Trinajstić information content (AvgIpc) is 3.35. The summed E-state index contributed by atoms with van der Waals surface area (Å²) in [5, 5.41) is 56.5. The number of nitrogens with zero attached hydrogens (tertiary/aromatic N) is 2. The van der Waals surface area contributed by atoms with Crippen LogP contribution in [0.3, 0.4) is 0 Å². The lowest BCUT2D eigenvalue weighted by Gasteiger charge is -2.36. The number of aliphatic hydroxyl groups is 3. The van der Waals surface area contributed by atoms with Crippen molar-refractivity contribution in [3.63, 3.8) is 0 Å². The maximum Gasteiger partial charge on any atom is 0.370 e. The van der Waals surface area contributed by atoms with E-state index in [1.54, 1.807) is 0 Å². The number of carbonyl (C=O) groups excluding carboxylic acids is 4. The maximum absolute atomic E-state index is 13.3. The molecule has 0 saturated heterocycles. The number of terminal acetylenes is 1. The van der Waals surface area contributed by atoms with Gasteiger partial charge in [-0.3, -0.25) is 19.2 Å². The van der Waals surface area contributed by atoms with Gasteiger partial charge in [0.25, 0.3) is 0 Å². The molecule has 0 bridgehead atoms. The lowest BCUT2D eigenvalue weighted by molar-refractivity contribution is -0.154. The van der Waals surface area contributed by atoms with Gasteiger partial charge in [-0.25, -0.2) is 14.6 Å². The number of carboxylic acids is 2. The standard InChI is InChI=1S/C45H73N7O21/c1-3-13-64-19-21-68-23-24-69-22-20-65-14-7-40(59)52(10-17-66-15-8-48-38(57)28-70-34(6-12-53)41-32(50-30(2)55)4-5-35(73-41)43(60)61)11-18-67-16-9-49-39(58)29-71-42(33(56)27-54)36-25-31(51-45(46)47)26-37(72-36)44(62)63/h1,5,26,31-34,36,41-42,53-54,56H,4,6-25,27-29H2,2H3,(H,48,57)(H,49,58)(H,50,55)(H,60,61)(H,62,63)(H4,46,47,51)/t31-,32-,33-,34-,36-,41-,42-/m1/s1. The van der Waals surface area contributed by atoms with Crippen LogP contribution in [-0.2, 0) is 76.1 Å². The Labute approximate surface area is 422 Å². The number of hydrogen-bond acceptors (Lipinski definition) is 20. The van der Waals surface area contributed by atoms with E-state index in [4.69, 9.17) is 65.3 Å². The monoisotopic (exact) mass is 1050 g/mol. The lowest BCUT2D eigenvalue weighted by Crippen LogP contribution is -2.52. The van der Waals surface area contributed by atoms with Crippen molar-refractivity contribution >= 4 is 41.5 Å². The Bertz CT molecular complexity index is 1810. The second-order valence-corrected chi connectivity index (χ2v) is 15.9. The van der Waals surface area contributed by atoms with Crippen LogP contribution in [-0.4, -0.2) is 246 Å². The van der Waals surface area contributed by atoms with E-state index in [1.165, 1.54) is 24.0 Å². The van der Waals surface area contributed by atoms with E-state index >= 15 is 0 Å². The fraction of sp³-hybridized carbons (Fsp3) is 0.711. The first-order valence-corrected chi connectivity index (χ1v) is 23.5. The van der Waals surface area contributed by atoms with Crippen LogP contribution in [0.15, 0.2) is 28.7 Å². The largest absolute Gasteiger partial charge is 0.480 e. The second-order valence-electron chi connectivity index (χ2n) is 15.9. The first-order valence-electron chi connectivity index (χ1n) is 23.5. The molecule has 0 aromatic carbocycles. The summed E-state index contributed by atoms with van der Waals surface area (Å²) >= 11 is 0. The molecule has 73 heavy (non-hydrogen) atoms. The molecule has 2 aliphatic rings. The van der Waals surface area contributed by atoms with Crippen molar-refractivity contribution in [2.45, 2.75) is 75.2 Å². The fourth-order valence-electron chi connectivity index (χ4n) is 6.90. The van der Waals surface area contributed by atoms with E-state index in [0.717, 1.165) is 0 Å². The van der Waals surface area contributed by atoms with E-state index in [9.17, 15) is 54.3 Å². The number of carbonyl (C=O) groups is 6. The first kappa shape index (κ1) is 63.4. The number of aliphatic hydroxyl groups excluding tert-OH is 3. The van der Waals surface area contributed by atoms with Crippen LogP contribution in [0.2, 0.25) is 0 Å². The summed E-state index contributed by atoms with van der Waals surface area (Å²) < 4.78 is 55.2. The third-order valence-electron chi connectivity index (χ3n) is 10.2. The van der Waals surface area contributed by atoms with Crippen molar-refractivity contribution in [2.24, 2.45) is 16.5 Å². The molecule has 0 unspecified atom stereocenters. The summed E-state index contributed by atoms with van der Waals surface area (Å²) in [7, 11) is 0. The number of amides is 4. The molecule has 12 N–H and O–H groups in total. The number of carboxylic acid groups (broad SMARTS) is 2. The average molecular weight is 1050 g/mol. The van der Waals surface area contributed by atoms with Crippen LogP contribution in [0.4, 0.5) is 0 Å². The molecule has 0 aromatic heterocycles. The molecule has 2 rings (SSSR count). The van der Waals surface area contributed by atoms with Gasteiger partial charge in [0.1, 0.15) is 44.2 Å². The number of aliphatic carboxylic acids is 2. The number of ether oxygens (including phenoxy) is 10. The van der Waals surface area contributed by atoms with E-state index in [1.807, 2.05) is 0 Å². The second kappa shape index (κ2) is 38.0. The zero-order chi connectivity index (χ0) is 53.8. The Balaban J connectivity index is 1.84. The predicted molar refractivity (Wildman–Crippen MR) is 253 cm³/mol. The molecule has 0 spiro atoms. The minimum absolute atomic E-state index is 0.0144. The quantitative estimate of drug-likeness (QED) is 0.0119. The molecule has 0 saturated carbocycles. The fourth-order valence-corrected chi connectivity index (χ4v) is 6.90. The highest BCUT2D eigenvalue weighted by Crippen LogP contribution is 2.26. The molecule has 0 radical (unpaired) electrons. The summed E-state index contributed by atoms with van der Waals surface area (Å²) in [5.41, 5.74) is 10.9. The van der Waals surface area contributed by atoms with E-state index < -0.39 is 91.9 Å². The third kappa shape index (κ3) is 27.8. The zero-order valence-corrected chi connectivity index (χ0v) is 41.1. The number of nitrogens with one attached hydrogen (secondary N) is 3. The summed E-state index contributed by atoms with van der Waals surface area (Å²) in [6, 6.07) is -1.51. The molecule has 4 amide bonds. The SMILES string of the molecule is C#CCOCCOCCOCCOCCC(=O)N(CCOCCNC(=O)CO[C@H]([C@H](O)CO)[C@H]1C[C@@H](N=C(N)N)C=C(C(=O)O)O1)CCOCCNC(=O)CO[C@H](CCO)[C@@H]1OC(C(=O)O)=CC[C@H]1NC(C)=O. The molecule has 0 aromatic rings. The van der Waals surface area contributed by atoms with E-state index in [0.29, 0.717) is 26.4 Å². The van der Waals surface area contributed by atoms with Crippen molar-refractivity contribution in [1.29, 1.82) is 0 Å². The highest BCUT2D eigenvalue weighted by Gasteiger charge is 2.39. The number of aliphatic imine (C=N–C) groups is 1. The van der Waals surface area contributed by atoms with Crippen molar-refractivity contribution in [3.8, 4) is 12.3 Å². The van der Waals surface area contributed by atoms with Crippen LogP contribution in [0.5, 0.6) is 0 Å². The molecule has 2 aliphatic heterocycles. The predicted octanol–water partition coefficient (Wildman–Crippen LogP) is -4.66. The molecule has 7 atom stereocenters. The van der Waals surface area contributed by atoms with Gasteiger partial charge >= 0.3 is 11.9 Å². The van der Waals surface area contributed by atoms with Crippen molar-refractivity contribution in [1.82, 2.24) is 20.9 Å². The van der Waals surface area contributed by atoms with Crippen LogP contribution >= 0.6 is 0 Å². The highest BCUT2D eigenvalue weighted by atomic mass is 16.6. The van der Waals surface area contributed by atoms with Gasteiger partial charge in [-0.1, -0.05) is 5.92 Å². The molecule has 0 aliphatic carbocycles. The molecular formula is C45H73N7O21. The van der Waals surface area contributed by atoms with Crippen LogP contribution in [0, 0.1) is 12.3 Å².